The van der Waals surface area contributed by atoms with Crippen molar-refractivity contribution in [3.8, 4) is 11.1 Å². The average Bonchev–Trinajstić information content (AvgIpc) is 1.66. The normalized spacial score (nSPS) is 21.1. The van der Waals surface area contributed by atoms with Gasteiger partial charge in [-0.2, -0.15) is 0 Å². The van der Waals surface area contributed by atoms with Crippen molar-refractivity contribution in [1.29, 1.82) is 0 Å². The lowest BCUT2D eigenvalue weighted by Crippen LogP contribution is -2.70. The second-order valence-electron chi connectivity index (χ2n) is 34.1. The molecule has 14 rings (SSSR count). The smallest absolute Gasteiger partial charge is 0.407 e. The summed E-state index contributed by atoms with van der Waals surface area (Å²) in [5.74, 6) is -8.18. The number of rotatable bonds is 49. The molecule has 16 atom stereocenters. The highest BCUT2D eigenvalue weighted by molar-refractivity contribution is 8.13. The number of amides is 9. The number of nitrogens with two attached hydrogens (primary N) is 1. The zero-order valence-electron chi connectivity index (χ0n) is 77.5. The van der Waals surface area contributed by atoms with E-state index in [4.69, 9.17) is 67.3 Å². The topological polar surface area (TPSA) is 459 Å². The van der Waals surface area contributed by atoms with Crippen LogP contribution in [0.1, 0.15) is 108 Å². The number of benzene rings is 8. The van der Waals surface area contributed by atoms with E-state index in [1.54, 1.807) is 11.5 Å². The molecule has 1 aromatic heterocycles. The third-order valence-electron chi connectivity index (χ3n) is 24.2. The van der Waals surface area contributed by atoms with E-state index in [-0.39, 0.29) is 104 Å². The highest BCUT2D eigenvalue weighted by Crippen LogP contribution is 2.45. The van der Waals surface area contributed by atoms with Crippen LogP contribution in [0.25, 0.3) is 11.1 Å². The average molecular weight is 1940 g/mol. The van der Waals surface area contributed by atoms with Gasteiger partial charge in [-0.15, -0.1) is 0 Å². The maximum atomic E-state index is 15.2. The second kappa shape index (κ2) is 52.3. The van der Waals surface area contributed by atoms with Gasteiger partial charge in [0.2, 0.25) is 52.4 Å². The largest absolute Gasteiger partial charge is 0.466 e. The quantitative estimate of drug-likeness (QED) is 0.0172. The molecule has 10 N–H and O–H groups in total. The van der Waals surface area contributed by atoms with Crippen LogP contribution in [0.5, 0.6) is 0 Å². The van der Waals surface area contributed by atoms with Crippen LogP contribution in [0.4, 0.5) is 4.79 Å². The summed E-state index contributed by atoms with van der Waals surface area (Å²) in [5.41, 5.74) is 14.5. The number of nitrogens with one attached hydrogen (secondary N) is 7. The number of aromatic nitrogens is 2. The Balaban J connectivity index is 0.708. The van der Waals surface area contributed by atoms with Crippen molar-refractivity contribution in [1.82, 2.24) is 51.7 Å². The molecule has 140 heavy (non-hydrogen) atoms. The molecule has 4 aliphatic heterocycles. The first-order valence-corrected chi connectivity index (χ1v) is 47.6. The number of hydrogen-bond donors (Lipinski definition) is 9. The molecule has 1 aliphatic carbocycles. The Kier molecular flexibility index (Phi) is 38.4. The fourth-order valence-corrected chi connectivity index (χ4v) is 17.9. The van der Waals surface area contributed by atoms with E-state index < -0.39 is 207 Å². The lowest BCUT2D eigenvalue weighted by molar-refractivity contribution is -0.384. The van der Waals surface area contributed by atoms with Gasteiger partial charge in [0.1, 0.15) is 92.3 Å². The third-order valence-corrected chi connectivity index (χ3v) is 25.0. The van der Waals surface area contributed by atoms with E-state index >= 15 is 4.79 Å². The first-order chi connectivity index (χ1) is 68.2. The van der Waals surface area contributed by atoms with E-state index in [0.29, 0.717) is 11.3 Å². The fourth-order valence-electron chi connectivity index (χ4n) is 17.2. The number of aliphatic hydroxyl groups excluding tert-OH is 1. The van der Waals surface area contributed by atoms with Crippen LogP contribution >= 0.6 is 11.8 Å². The molecule has 0 spiro atoms. The number of likely N-dealkylation sites (tertiary alicyclic amines) is 1. The number of fused-ring (bicyclic) bond motifs is 4. The Hall–Kier alpha value is -13.0. The van der Waals surface area contributed by atoms with Gasteiger partial charge in [-0.1, -0.05) is 242 Å². The van der Waals surface area contributed by atoms with Gasteiger partial charge in [-0.25, -0.2) is 9.78 Å². The minimum atomic E-state index is -1.87. The molecule has 4 saturated heterocycles. The zero-order chi connectivity index (χ0) is 98.1. The van der Waals surface area contributed by atoms with Gasteiger partial charge in [0.15, 0.2) is 18.9 Å². The summed E-state index contributed by atoms with van der Waals surface area (Å²) in [6.07, 6.45) is -10.9. The summed E-state index contributed by atoms with van der Waals surface area (Å²) in [7, 11) is 0. The highest BCUT2D eigenvalue weighted by Gasteiger charge is 2.57. The van der Waals surface area contributed by atoms with Gasteiger partial charge in [0.25, 0.3) is 0 Å². The van der Waals surface area contributed by atoms with E-state index in [9.17, 15) is 53.1 Å². The molecule has 37 heteroatoms. The fraction of sp³-hybridized carbons (Fsp3) is 0.398. The lowest BCUT2D eigenvalue weighted by Gasteiger charge is -2.52. The van der Waals surface area contributed by atoms with Crippen LogP contribution in [-0.4, -0.2) is 241 Å². The number of thioether (sulfide) groups is 1. The van der Waals surface area contributed by atoms with Gasteiger partial charge >= 0.3 is 12.1 Å². The van der Waals surface area contributed by atoms with Crippen molar-refractivity contribution < 1.29 is 119 Å². The summed E-state index contributed by atoms with van der Waals surface area (Å²) in [6.45, 7) is -0.253. The second-order valence-corrected chi connectivity index (χ2v) is 35.2. The number of imidazole rings is 1. The highest BCUT2D eigenvalue weighted by atomic mass is 32.2. The van der Waals surface area contributed by atoms with Gasteiger partial charge in [-0.3, -0.25) is 47.9 Å². The van der Waals surface area contributed by atoms with Gasteiger partial charge in [0.05, 0.1) is 91.9 Å². The van der Waals surface area contributed by atoms with Crippen LogP contribution in [0, 0.1) is 0 Å². The van der Waals surface area contributed by atoms with Crippen molar-refractivity contribution in [2.24, 2.45) is 5.73 Å². The minimum Gasteiger partial charge on any atom is -0.466 e. The predicted molar refractivity (Wildman–Crippen MR) is 507 cm³/mol. The summed E-state index contributed by atoms with van der Waals surface area (Å²) in [5, 5.41) is 28.7. The number of primary amides is 1. The molecule has 9 aromatic rings. The Labute approximate surface area is 814 Å². The number of carbonyl (C=O) groups excluding carboxylic acids is 11. The van der Waals surface area contributed by atoms with Crippen LogP contribution in [-0.2, 0) is 156 Å². The van der Waals surface area contributed by atoms with Crippen molar-refractivity contribution in [3.63, 3.8) is 0 Å². The molecule has 36 nitrogen and oxygen atoms in total. The van der Waals surface area contributed by atoms with Crippen LogP contribution < -0.4 is 43.0 Å². The van der Waals surface area contributed by atoms with Gasteiger partial charge in [-0.05, 0) is 76.3 Å². The summed E-state index contributed by atoms with van der Waals surface area (Å²) >= 11 is 0.801. The molecule has 5 heterocycles. The van der Waals surface area contributed by atoms with E-state index in [2.05, 4.69) is 42.2 Å². The third kappa shape index (κ3) is 29.1. The maximum absolute atomic E-state index is 15.2. The monoisotopic (exact) mass is 1940 g/mol. The SMILES string of the molecule is CCOC(=O)CCSC(=O)CNC(=O)[C@H](Cc1cncn1COCc1ccccc1)NC(=O)[C@@H]1CCCN1C(=O)[C@H](CCC(N)=O)NC(=O)[C@H](CO)NC(=O)CNC(=O)[C@H](CO[C@H]1O[C@@H]2COC(c3ccccc3)O[C@@H]2[C@H](O[C@@H]2O[C@H](COCc3ccccc3)[C@H](OCc3ccccc3)[C@H](OCc3ccccc3)[C@H]2OCc2ccccc2)[C@H]1NC(C)=O)NC(=O)OCC1c2ccccc2-c2ccccc21. The van der Waals surface area contributed by atoms with Crippen LogP contribution in [0.3, 0.4) is 0 Å². The van der Waals surface area contributed by atoms with E-state index in [1.165, 1.54) is 19.4 Å². The Morgan fingerprint density at radius 3 is 1.74 bits per heavy atom. The summed E-state index contributed by atoms with van der Waals surface area (Å²) < 4.78 is 88.2. The number of carbonyl (C=O) groups is 11. The molecule has 8 aromatic carbocycles. The molecule has 0 radical (unpaired) electrons. The zero-order valence-corrected chi connectivity index (χ0v) is 78.4. The Bertz CT molecular complexity index is 5530. The van der Waals surface area contributed by atoms with Gasteiger partial charge in [0, 0.05) is 55.4 Å². The first kappa shape index (κ1) is 103. The number of hydrogen-bond acceptors (Lipinski definition) is 27. The van der Waals surface area contributed by atoms with E-state index in [0.717, 1.165) is 66.7 Å². The molecule has 9 amide bonds. The van der Waals surface area contributed by atoms with Crippen LogP contribution in [0.15, 0.2) is 243 Å². The van der Waals surface area contributed by atoms with Crippen molar-refractivity contribution in [2.75, 3.05) is 65.0 Å². The van der Waals surface area contributed by atoms with Crippen molar-refractivity contribution in [3.05, 3.63) is 293 Å². The Morgan fingerprint density at radius 1 is 0.557 bits per heavy atom. The molecule has 4 fully saturated rings. The lowest BCUT2D eigenvalue weighted by atomic mass is 9.94. The van der Waals surface area contributed by atoms with Crippen molar-refractivity contribution >= 4 is 76.2 Å². The molecule has 0 bridgehead atoms. The standard InChI is InChI=1S/C103H117N11O25S/c1-3-129-87(119)46-48-140-88(120)52-107-95(121)79(49-72-50-105-63-113(72)64-128-55-67-29-12-5-13-30-67)111-98(124)82-43-26-47-114(82)99(125)78(44-45-85(104)117)110-97(123)80(53-115)109-86(118)51-106-96(122)81(112-103(126)135-59-77-75-41-24-22-39-73(75)74-40-23-25-42-76(74)77)60-133-101-89(108-65(2)116)92(91-84(136-101)62-134-100(138-91)71-37-20-9-21-38-71)139-102-94(132-58-70-35-18-8-19-36-70)93(131-57-69-33-16-7-17-34-69)90(130-56-68-31-14-6-15-32-68)83(137-102)61-127-54-66-27-10-4-11-28-66/h4-25,27-42,50,63,77-84,89-94,100-102,115H,3,26,43-49,51-62,64H2,1-2H3,(H2,104,117)(H,106,122)(H,107,121)(H,108,116)(H,109,118)(H,110,123)(H,111,124)(H,112,126)/t78-,79-,80-,81-,82-,83+,84+,89+,90-,91-,92+,93-,94+,100?,101-,102-/m0/s1. The molecular formula is C103H117N11O25S. The summed E-state index contributed by atoms with van der Waals surface area (Å²) in [6, 6.07) is 62.6. The predicted octanol–water partition coefficient (Wildman–Crippen LogP) is 7.10. The Morgan fingerprint density at radius 2 is 1.13 bits per heavy atom. The maximum Gasteiger partial charge on any atom is 0.407 e. The molecular weight excluding hydrogens is 1820 g/mol. The molecule has 1 unspecified atom stereocenters. The number of esters is 1. The number of aliphatic hydroxyl groups is 1. The first-order valence-electron chi connectivity index (χ1n) is 46.6. The van der Waals surface area contributed by atoms with Crippen molar-refractivity contribution in [2.45, 2.75) is 196 Å². The number of ether oxygens (including phenoxy) is 13. The number of nitrogens with zero attached hydrogens (tertiary/aromatic N) is 3. The van der Waals surface area contributed by atoms with Crippen LogP contribution in [0.2, 0.25) is 0 Å². The number of alkyl carbamates (subject to hydrolysis) is 1. The summed E-state index contributed by atoms with van der Waals surface area (Å²) in [4.78, 5) is 160. The minimum absolute atomic E-state index is 0.00417. The van der Waals surface area contributed by atoms with Gasteiger partial charge < -0.3 is 119 Å². The molecule has 740 valence electrons. The molecule has 0 saturated carbocycles. The molecule has 5 aliphatic rings. The van der Waals surface area contributed by atoms with E-state index in [1.807, 2.05) is 231 Å².